The van der Waals surface area contributed by atoms with Gasteiger partial charge in [-0.3, -0.25) is 14.9 Å². The van der Waals surface area contributed by atoms with E-state index in [-0.39, 0.29) is 11.6 Å². The number of halogens is 1. The lowest BCUT2D eigenvalue weighted by molar-refractivity contribution is -0.384. The van der Waals surface area contributed by atoms with E-state index in [1.807, 2.05) is 0 Å². The summed E-state index contributed by atoms with van der Waals surface area (Å²) in [5.74, 6) is -0.381. The highest BCUT2D eigenvalue weighted by Gasteiger charge is 2.08. The molecule has 6 nitrogen and oxygen atoms in total. The van der Waals surface area contributed by atoms with E-state index in [0.29, 0.717) is 16.1 Å². The minimum atomic E-state index is -0.532. The van der Waals surface area contributed by atoms with Gasteiger partial charge < -0.3 is 0 Å². The molecule has 0 bridgehead atoms. The standard InChI is InChI=1S/C14H10ClN3O3/c15-13-7-6-12(18(20)21)8-11(13)9-16-17-14(19)10-4-2-1-3-5-10/h1-9H,(H,17,19). The first-order chi connectivity index (χ1) is 10.1. The van der Waals surface area contributed by atoms with Crippen LogP contribution in [0.5, 0.6) is 0 Å². The maximum absolute atomic E-state index is 11.7. The van der Waals surface area contributed by atoms with Gasteiger partial charge in [0.2, 0.25) is 0 Å². The highest BCUT2D eigenvalue weighted by Crippen LogP contribution is 2.20. The molecule has 2 aromatic rings. The van der Waals surface area contributed by atoms with E-state index in [4.69, 9.17) is 11.6 Å². The van der Waals surface area contributed by atoms with Gasteiger partial charge in [0.1, 0.15) is 0 Å². The minimum Gasteiger partial charge on any atom is -0.267 e. The van der Waals surface area contributed by atoms with Gasteiger partial charge >= 0.3 is 0 Å². The molecule has 0 heterocycles. The molecule has 0 atom stereocenters. The summed E-state index contributed by atoms with van der Waals surface area (Å²) in [6.07, 6.45) is 1.26. The summed E-state index contributed by atoms with van der Waals surface area (Å²) in [7, 11) is 0. The predicted octanol–water partition coefficient (Wildman–Crippen LogP) is 3.01. The third-order valence-electron chi connectivity index (χ3n) is 2.60. The second kappa shape index (κ2) is 6.62. The Hall–Kier alpha value is -2.73. The predicted molar refractivity (Wildman–Crippen MR) is 79.6 cm³/mol. The number of hydrogen-bond acceptors (Lipinski definition) is 4. The zero-order chi connectivity index (χ0) is 15.2. The Morgan fingerprint density at radius 3 is 2.62 bits per heavy atom. The molecule has 1 amide bonds. The average Bonchev–Trinajstić information content (AvgIpc) is 2.49. The highest BCUT2D eigenvalue weighted by molar-refractivity contribution is 6.33. The van der Waals surface area contributed by atoms with Gasteiger partial charge in [0, 0.05) is 28.3 Å². The molecule has 0 aliphatic rings. The zero-order valence-electron chi connectivity index (χ0n) is 10.7. The molecule has 2 aromatic carbocycles. The summed E-state index contributed by atoms with van der Waals surface area (Å²) in [6, 6.07) is 12.5. The van der Waals surface area contributed by atoms with Crippen LogP contribution in [0.25, 0.3) is 0 Å². The lowest BCUT2D eigenvalue weighted by Crippen LogP contribution is -2.17. The Labute approximate surface area is 125 Å². The van der Waals surface area contributed by atoms with Crippen LogP contribution in [0.4, 0.5) is 5.69 Å². The second-order valence-corrected chi connectivity index (χ2v) is 4.44. The van der Waals surface area contributed by atoms with Crippen molar-refractivity contribution in [2.45, 2.75) is 0 Å². The number of hydrogen-bond donors (Lipinski definition) is 1. The summed E-state index contributed by atoms with van der Waals surface area (Å²) in [6.45, 7) is 0. The van der Waals surface area contributed by atoms with E-state index < -0.39 is 4.92 Å². The molecule has 0 fully saturated rings. The van der Waals surface area contributed by atoms with Crippen LogP contribution in [0, 0.1) is 10.1 Å². The van der Waals surface area contributed by atoms with Gasteiger partial charge in [0.05, 0.1) is 11.1 Å². The Morgan fingerprint density at radius 1 is 1.24 bits per heavy atom. The van der Waals surface area contributed by atoms with Crippen LogP contribution < -0.4 is 5.43 Å². The number of carbonyl (C=O) groups excluding carboxylic acids is 1. The molecular weight excluding hydrogens is 294 g/mol. The third-order valence-corrected chi connectivity index (χ3v) is 2.94. The molecule has 0 aliphatic carbocycles. The van der Waals surface area contributed by atoms with Crippen LogP contribution in [-0.2, 0) is 0 Å². The van der Waals surface area contributed by atoms with Crippen molar-refractivity contribution in [2.24, 2.45) is 5.10 Å². The van der Waals surface area contributed by atoms with Gasteiger partial charge in [0.15, 0.2) is 0 Å². The smallest absolute Gasteiger partial charge is 0.267 e. The number of non-ortho nitro benzene ring substituents is 1. The monoisotopic (exact) mass is 303 g/mol. The van der Waals surface area contributed by atoms with E-state index in [9.17, 15) is 14.9 Å². The van der Waals surface area contributed by atoms with Crippen molar-refractivity contribution in [1.29, 1.82) is 0 Å². The fourth-order valence-electron chi connectivity index (χ4n) is 1.56. The summed E-state index contributed by atoms with van der Waals surface area (Å²) in [5, 5.41) is 14.7. The number of nitrogens with one attached hydrogen (secondary N) is 1. The van der Waals surface area contributed by atoms with Gasteiger partial charge in [-0.2, -0.15) is 5.10 Å². The van der Waals surface area contributed by atoms with Gasteiger partial charge in [-0.15, -0.1) is 0 Å². The Morgan fingerprint density at radius 2 is 1.95 bits per heavy atom. The van der Waals surface area contributed by atoms with E-state index in [1.54, 1.807) is 30.3 Å². The molecule has 7 heteroatoms. The number of hydrazone groups is 1. The van der Waals surface area contributed by atoms with Crippen molar-refractivity contribution >= 4 is 29.4 Å². The molecule has 0 aliphatic heterocycles. The Bertz CT molecular complexity index is 702. The topological polar surface area (TPSA) is 84.6 Å². The number of nitrogens with zero attached hydrogens (tertiary/aromatic N) is 2. The van der Waals surface area contributed by atoms with Crippen LogP contribution in [0.2, 0.25) is 5.02 Å². The molecule has 0 radical (unpaired) electrons. The van der Waals surface area contributed by atoms with Crippen molar-refractivity contribution in [3.05, 3.63) is 74.8 Å². The number of amides is 1. The molecule has 106 valence electrons. The van der Waals surface area contributed by atoms with Gasteiger partial charge in [-0.1, -0.05) is 29.8 Å². The number of rotatable bonds is 4. The quantitative estimate of drug-likeness (QED) is 0.535. The van der Waals surface area contributed by atoms with E-state index in [1.165, 1.54) is 24.4 Å². The summed E-state index contributed by atoms with van der Waals surface area (Å²) in [4.78, 5) is 21.9. The minimum absolute atomic E-state index is 0.102. The van der Waals surface area contributed by atoms with Crippen molar-refractivity contribution in [1.82, 2.24) is 5.43 Å². The van der Waals surface area contributed by atoms with Crippen LogP contribution in [0.15, 0.2) is 53.6 Å². The summed E-state index contributed by atoms with van der Waals surface area (Å²) < 4.78 is 0. The number of nitro benzene ring substituents is 1. The van der Waals surface area contributed by atoms with Crippen LogP contribution in [-0.4, -0.2) is 17.0 Å². The lowest BCUT2D eigenvalue weighted by Gasteiger charge is -2.00. The molecule has 2 rings (SSSR count). The van der Waals surface area contributed by atoms with Gasteiger partial charge in [-0.05, 0) is 18.2 Å². The maximum atomic E-state index is 11.7. The third kappa shape index (κ3) is 3.87. The van der Waals surface area contributed by atoms with Crippen LogP contribution >= 0.6 is 11.6 Å². The first-order valence-corrected chi connectivity index (χ1v) is 6.28. The maximum Gasteiger partial charge on any atom is 0.271 e. The van der Waals surface area contributed by atoms with Crippen molar-refractivity contribution in [3.63, 3.8) is 0 Å². The van der Waals surface area contributed by atoms with Crippen LogP contribution in [0.1, 0.15) is 15.9 Å². The van der Waals surface area contributed by atoms with Crippen molar-refractivity contribution in [3.8, 4) is 0 Å². The Balaban J connectivity index is 2.10. The van der Waals surface area contributed by atoms with Gasteiger partial charge in [0.25, 0.3) is 11.6 Å². The fourth-order valence-corrected chi connectivity index (χ4v) is 1.72. The normalized spacial score (nSPS) is 10.5. The lowest BCUT2D eigenvalue weighted by atomic mass is 10.2. The zero-order valence-corrected chi connectivity index (χ0v) is 11.4. The first kappa shape index (κ1) is 14.7. The molecular formula is C14H10ClN3O3. The van der Waals surface area contributed by atoms with Gasteiger partial charge in [-0.25, -0.2) is 5.43 Å². The first-order valence-electron chi connectivity index (χ1n) is 5.90. The number of benzene rings is 2. The van der Waals surface area contributed by atoms with Crippen LogP contribution in [0.3, 0.4) is 0 Å². The molecule has 0 saturated heterocycles. The molecule has 21 heavy (non-hydrogen) atoms. The Kier molecular flexibility index (Phi) is 4.63. The number of carbonyl (C=O) groups is 1. The molecule has 0 unspecified atom stereocenters. The van der Waals surface area contributed by atoms with Crippen molar-refractivity contribution in [2.75, 3.05) is 0 Å². The second-order valence-electron chi connectivity index (χ2n) is 4.03. The van der Waals surface area contributed by atoms with E-state index >= 15 is 0 Å². The molecule has 0 aromatic heterocycles. The highest BCUT2D eigenvalue weighted by atomic mass is 35.5. The van der Waals surface area contributed by atoms with Crippen molar-refractivity contribution < 1.29 is 9.72 Å². The molecule has 0 saturated carbocycles. The summed E-state index contributed by atoms with van der Waals surface area (Å²) in [5.41, 5.74) is 3.03. The van der Waals surface area contributed by atoms with E-state index in [0.717, 1.165) is 0 Å². The SMILES string of the molecule is O=C(NN=Cc1cc([N+](=O)[O-])ccc1Cl)c1ccccc1. The average molecular weight is 304 g/mol. The largest absolute Gasteiger partial charge is 0.271 e. The molecule has 1 N–H and O–H groups in total. The fraction of sp³-hybridized carbons (Fsp3) is 0. The summed E-state index contributed by atoms with van der Waals surface area (Å²) >= 11 is 5.91. The number of nitro groups is 1. The molecule has 0 spiro atoms. The van der Waals surface area contributed by atoms with E-state index in [2.05, 4.69) is 10.5 Å².